The first-order chi connectivity index (χ1) is 15.7. The van der Waals surface area contributed by atoms with Crippen molar-refractivity contribution in [2.24, 2.45) is 0 Å². The number of ether oxygens (including phenoxy) is 1. The van der Waals surface area contributed by atoms with Crippen molar-refractivity contribution >= 4 is 33.6 Å². The van der Waals surface area contributed by atoms with Crippen LogP contribution in [-0.2, 0) is 13.0 Å². The van der Waals surface area contributed by atoms with Crippen molar-refractivity contribution in [2.45, 2.75) is 69.9 Å². The van der Waals surface area contributed by atoms with Crippen LogP contribution in [0.2, 0.25) is 0 Å². The van der Waals surface area contributed by atoms with Crippen molar-refractivity contribution in [3.05, 3.63) is 71.8 Å². The molecule has 3 heteroatoms. The number of hydrogen-bond acceptors (Lipinski definition) is 2. The molecule has 1 fully saturated rings. The number of nitrogens with zero attached hydrogens (tertiary/aromatic N) is 1. The molecule has 0 amide bonds. The molecule has 166 valence electrons. The molecule has 5 rings (SSSR count). The highest BCUT2D eigenvalue weighted by Crippen LogP contribution is 2.34. The summed E-state index contributed by atoms with van der Waals surface area (Å²) in [5, 5.41) is 2.65. The lowest BCUT2D eigenvalue weighted by Crippen LogP contribution is -2.19. The summed E-state index contributed by atoms with van der Waals surface area (Å²) in [4.78, 5) is 1.35. The Balaban J connectivity index is 1.48. The molecule has 1 aromatic heterocycles. The minimum Gasteiger partial charge on any atom is -0.490 e. The van der Waals surface area contributed by atoms with Crippen LogP contribution in [0.5, 0.6) is 5.75 Å². The zero-order valence-electron chi connectivity index (χ0n) is 19.3. The highest BCUT2D eigenvalue weighted by molar-refractivity contribution is 7.99. The Labute approximate surface area is 196 Å². The Kier molecular flexibility index (Phi) is 6.45. The topological polar surface area (TPSA) is 14.2 Å². The van der Waals surface area contributed by atoms with Gasteiger partial charge in [-0.2, -0.15) is 0 Å². The normalized spacial score (nSPS) is 14.9. The van der Waals surface area contributed by atoms with Crippen molar-refractivity contribution < 1.29 is 4.74 Å². The summed E-state index contributed by atoms with van der Waals surface area (Å²) in [6.45, 7) is 5.40. The van der Waals surface area contributed by atoms with Crippen molar-refractivity contribution in [2.75, 3.05) is 5.75 Å². The van der Waals surface area contributed by atoms with Crippen LogP contribution >= 0.6 is 11.8 Å². The van der Waals surface area contributed by atoms with E-state index < -0.39 is 0 Å². The van der Waals surface area contributed by atoms with E-state index >= 15 is 0 Å². The Hall–Kier alpha value is -2.39. The highest BCUT2D eigenvalue weighted by atomic mass is 32.2. The maximum absolute atomic E-state index is 6.40. The van der Waals surface area contributed by atoms with E-state index in [0.29, 0.717) is 6.10 Å². The minimum absolute atomic E-state index is 0.380. The molecule has 1 aliphatic rings. The van der Waals surface area contributed by atoms with Crippen LogP contribution < -0.4 is 4.74 Å². The van der Waals surface area contributed by atoms with Gasteiger partial charge in [-0.05, 0) is 98.4 Å². The summed E-state index contributed by atoms with van der Waals surface area (Å²) in [6.07, 6.45) is 7.66. The second-order valence-corrected chi connectivity index (χ2v) is 10.2. The molecule has 3 aromatic carbocycles. The van der Waals surface area contributed by atoms with E-state index in [0.717, 1.165) is 24.5 Å². The van der Waals surface area contributed by atoms with Gasteiger partial charge in [0.2, 0.25) is 0 Å². The van der Waals surface area contributed by atoms with E-state index in [1.807, 2.05) is 11.8 Å². The third-order valence-electron chi connectivity index (χ3n) is 6.71. The average molecular weight is 444 g/mol. The number of aromatic nitrogens is 1. The van der Waals surface area contributed by atoms with Crippen LogP contribution in [0, 0.1) is 0 Å². The molecule has 1 saturated carbocycles. The largest absolute Gasteiger partial charge is 0.490 e. The van der Waals surface area contributed by atoms with Gasteiger partial charge in [0, 0.05) is 33.2 Å². The highest BCUT2D eigenvalue weighted by Gasteiger charge is 2.16. The molecular weight excluding hydrogens is 410 g/mol. The summed E-state index contributed by atoms with van der Waals surface area (Å²) in [7, 11) is 0. The van der Waals surface area contributed by atoms with Crippen molar-refractivity contribution in [1.29, 1.82) is 0 Å². The standard InChI is InChI=1S/C29H33NOS/c1-3-30-28-16-12-22(18-21-10-14-25(15-11-21)32-4-2)19-26(28)27-20-24(13-17-29(27)30)31-23-8-6-5-7-9-23/h10-17,19-20,23H,3-9,18H2,1-2H3. The van der Waals surface area contributed by atoms with Crippen LogP contribution in [-0.4, -0.2) is 16.4 Å². The zero-order chi connectivity index (χ0) is 21.9. The van der Waals surface area contributed by atoms with E-state index in [4.69, 9.17) is 4.74 Å². The lowest BCUT2D eigenvalue weighted by molar-refractivity contribution is 0.155. The van der Waals surface area contributed by atoms with Crippen LogP contribution in [0.3, 0.4) is 0 Å². The van der Waals surface area contributed by atoms with Gasteiger partial charge in [0.15, 0.2) is 0 Å². The average Bonchev–Trinajstić information content (AvgIpc) is 3.13. The molecule has 0 radical (unpaired) electrons. The minimum atomic E-state index is 0.380. The number of fused-ring (bicyclic) bond motifs is 3. The molecule has 4 aromatic rings. The summed E-state index contributed by atoms with van der Waals surface area (Å²) in [5.41, 5.74) is 5.35. The number of rotatable bonds is 7. The molecule has 0 aliphatic heterocycles. The van der Waals surface area contributed by atoms with Crippen LogP contribution in [0.25, 0.3) is 21.8 Å². The maximum Gasteiger partial charge on any atom is 0.120 e. The zero-order valence-corrected chi connectivity index (χ0v) is 20.1. The van der Waals surface area contributed by atoms with Gasteiger partial charge in [-0.25, -0.2) is 0 Å². The Bertz CT molecular complexity index is 1200. The first-order valence-electron chi connectivity index (χ1n) is 12.2. The monoisotopic (exact) mass is 443 g/mol. The molecule has 32 heavy (non-hydrogen) atoms. The second kappa shape index (κ2) is 9.62. The molecule has 0 unspecified atom stereocenters. The van der Waals surface area contributed by atoms with Crippen LogP contribution in [0.4, 0.5) is 0 Å². The van der Waals surface area contributed by atoms with E-state index in [9.17, 15) is 0 Å². The molecule has 0 N–H and O–H groups in total. The molecule has 0 atom stereocenters. The van der Waals surface area contributed by atoms with E-state index in [-0.39, 0.29) is 0 Å². The van der Waals surface area contributed by atoms with Crippen molar-refractivity contribution in [3.8, 4) is 5.75 Å². The molecule has 0 bridgehead atoms. The molecule has 0 saturated heterocycles. The smallest absolute Gasteiger partial charge is 0.120 e. The van der Waals surface area contributed by atoms with E-state index in [2.05, 4.69) is 79.1 Å². The van der Waals surface area contributed by atoms with Crippen molar-refractivity contribution in [3.63, 3.8) is 0 Å². The summed E-state index contributed by atoms with van der Waals surface area (Å²) in [5.74, 6) is 2.14. The lowest BCUT2D eigenvalue weighted by atomic mass is 9.98. The van der Waals surface area contributed by atoms with Crippen LogP contribution in [0.15, 0.2) is 65.6 Å². The van der Waals surface area contributed by atoms with Gasteiger partial charge in [0.25, 0.3) is 0 Å². The molecule has 2 nitrogen and oxygen atoms in total. The van der Waals surface area contributed by atoms with Crippen LogP contribution in [0.1, 0.15) is 57.1 Å². The third kappa shape index (κ3) is 4.41. The Morgan fingerprint density at radius 2 is 1.50 bits per heavy atom. The molecule has 1 aliphatic carbocycles. The number of aryl methyl sites for hydroxylation is 1. The Morgan fingerprint density at radius 3 is 2.22 bits per heavy atom. The molecule has 0 spiro atoms. The van der Waals surface area contributed by atoms with Gasteiger partial charge in [0.1, 0.15) is 5.75 Å². The quantitative estimate of drug-likeness (QED) is 0.267. The fraction of sp³-hybridized carbons (Fsp3) is 0.379. The SMILES string of the molecule is CCSc1ccc(Cc2ccc3c(c2)c2cc(OC4CCCCC4)ccc2n3CC)cc1. The molecule has 1 heterocycles. The van der Waals surface area contributed by atoms with Gasteiger partial charge in [-0.15, -0.1) is 11.8 Å². The van der Waals surface area contributed by atoms with Gasteiger partial charge in [0.05, 0.1) is 6.10 Å². The fourth-order valence-corrected chi connectivity index (χ4v) is 5.80. The Morgan fingerprint density at radius 1 is 0.812 bits per heavy atom. The van der Waals surface area contributed by atoms with Gasteiger partial charge >= 0.3 is 0 Å². The molecular formula is C29H33NOS. The predicted octanol–water partition coefficient (Wildman–Crippen LogP) is 8.23. The number of hydrogen-bond donors (Lipinski definition) is 0. The summed E-state index contributed by atoms with van der Waals surface area (Å²) < 4.78 is 8.83. The van der Waals surface area contributed by atoms with E-state index in [1.165, 1.54) is 69.9 Å². The summed E-state index contributed by atoms with van der Waals surface area (Å²) in [6, 6.07) is 22.7. The summed E-state index contributed by atoms with van der Waals surface area (Å²) >= 11 is 1.90. The van der Waals surface area contributed by atoms with Gasteiger partial charge < -0.3 is 9.30 Å². The maximum atomic E-state index is 6.40. The van der Waals surface area contributed by atoms with Crippen molar-refractivity contribution in [1.82, 2.24) is 4.57 Å². The first-order valence-corrected chi connectivity index (χ1v) is 13.2. The predicted molar refractivity (Wildman–Crippen MR) is 138 cm³/mol. The van der Waals surface area contributed by atoms with Gasteiger partial charge in [-0.3, -0.25) is 0 Å². The van der Waals surface area contributed by atoms with Gasteiger partial charge in [-0.1, -0.05) is 31.5 Å². The van der Waals surface area contributed by atoms with E-state index in [1.54, 1.807) is 0 Å². The third-order valence-corrected chi connectivity index (χ3v) is 7.61. The fourth-order valence-electron chi connectivity index (χ4n) is 5.14. The number of benzene rings is 3. The first kappa shape index (κ1) is 21.5. The second-order valence-electron chi connectivity index (χ2n) is 8.91. The number of thioether (sulfide) groups is 1. The lowest BCUT2D eigenvalue weighted by Gasteiger charge is -2.23.